The Morgan fingerprint density at radius 2 is 2.06 bits per heavy atom. The molecule has 35 heavy (non-hydrogen) atoms. The number of pyridine rings is 1. The van der Waals surface area contributed by atoms with E-state index in [0.717, 1.165) is 41.4 Å². The number of aromatic nitrogens is 4. The zero-order valence-electron chi connectivity index (χ0n) is 19.8. The number of benzene rings is 2. The van der Waals surface area contributed by atoms with E-state index < -0.39 is 11.7 Å². The molecule has 2 aromatic carbocycles. The Hall–Kier alpha value is -3.36. The third kappa shape index (κ3) is 4.28. The van der Waals surface area contributed by atoms with Crippen LogP contribution in [-0.4, -0.2) is 45.0 Å². The largest absolute Gasteiger partial charge is 0.315 e. The van der Waals surface area contributed by atoms with Crippen LogP contribution >= 0.6 is 11.6 Å². The Balaban J connectivity index is 1.62. The van der Waals surface area contributed by atoms with Crippen molar-refractivity contribution in [2.45, 2.75) is 32.7 Å². The number of anilines is 1. The van der Waals surface area contributed by atoms with E-state index in [9.17, 15) is 4.79 Å². The third-order valence-electron chi connectivity index (χ3n) is 6.67. The molecule has 3 heterocycles. The molecule has 1 fully saturated rings. The summed E-state index contributed by atoms with van der Waals surface area (Å²) in [4.78, 5) is 20.2. The number of carbonyl (C=O) groups is 1. The number of carbonyl (C=O) groups excluding carboxylic acids is 1. The summed E-state index contributed by atoms with van der Waals surface area (Å²) in [6.07, 6.45) is 3.37. The van der Waals surface area contributed by atoms with Crippen LogP contribution in [0.5, 0.6) is 0 Å². The molecule has 1 atom stereocenters. The van der Waals surface area contributed by atoms with E-state index in [-0.39, 0.29) is 11.6 Å². The second-order valence-corrected chi connectivity index (χ2v) is 9.41. The number of nitrogens with zero attached hydrogens (tertiary/aromatic N) is 5. The summed E-state index contributed by atoms with van der Waals surface area (Å²) >= 11 is 6.29. The van der Waals surface area contributed by atoms with Crippen molar-refractivity contribution in [3.05, 3.63) is 70.3 Å². The van der Waals surface area contributed by atoms with Crippen LogP contribution in [0.15, 0.2) is 42.6 Å². The first-order valence-corrected chi connectivity index (χ1v) is 12.0. The van der Waals surface area contributed by atoms with Crippen LogP contribution in [0.25, 0.3) is 22.0 Å². The first kappa shape index (κ1) is 23.4. The van der Waals surface area contributed by atoms with Crippen molar-refractivity contribution in [2.24, 2.45) is 7.05 Å². The zero-order valence-corrected chi connectivity index (χ0v) is 20.6. The number of rotatable bonds is 4. The van der Waals surface area contributed by atoms with Crippen molar-refractivity contribution in [2.75, 3.05) is 18.0 Å². The minimum Gasteiger partial charge on any atom is -0.315 e. The standard InChI is InChI=1S/C26H26ClFN6O/c1-15-11-19(27)12-17-8-10-30-25(23(15)17)34(20-5-4-9-29-14-20)26(35)21-7-6-18(13-22(21)28)24-16(2)33(3)32-31-24/h6-8,10-13,20,29H,4-5,9,14H2,1-3H3. The van der Waals surface area contributed by atoms with Crippen LogP contribution in [0.4, 0.5) is 10.2 Å². The second kappa shape index (κ2) is 9.36. The topological polar surface area (TPSA) is 75.9 Å². The zero-order chi connectivity index (χ0) is 24.7. The van der Waals surface area contributed by atoms with E-state index in [2.05, 4.69) is 20.6 Å². The normalized spacial score (nSPS) is 16.0. The molecule has 1 unspecified atom stereocenters. The average molecular weight is 493 g/mol. The van der Waals surface area contributed by atoms with Gasteiger partial charge in [-0.3, -0.25) is 14.4 Å². The number of piperidine rings is 1. The number of hydrogen-bond acceptors (Lipinski definition) is 5. The highest BCUT2D eigenvalue weighted by Gasteiger charge is 2.32. The lowest BCUT2D eigenvalue weighted by Gasteiger charge is -2.35. The molecule has 1 amide bonds. The molecule has 7 nitrogen and oxygen atoms in total. The lowest BCUT2D eigenvalue weighted by molar-refractivity contribution is 0.0968. The molecule has 1 aliphatic rings. The van der Waals surface area contributed by atoms with Gasteiger partial charge in [0.15, 0.2) is 0 Å². The Kier molecular flexibility index (Phi) is 6.25. The van der Waals surface area contributed by atoms with Gasteiger partial charge in [0.25, 0.3) is 5.91 Å². The van der Waals surface area contributed by atoms with Crippen molar-refractivity contribution in [1.29, 1.82) is 0 Å². The molecule has 2 aromatic heterocycles. The minimum absolute atomic E-state index is 0.00807. The van der Waals surface area contributed by atoms with Crippen LogP contribution in [0, 0.1) is 19.7 Å². The van der Waals surface area contributed by atoms with Crippen LogP contribution in [0.3, 0.4) is 0 Å². The highest BCUT2D eigenvalue weighted by molar-refractivity contribution is 6.31. The maximum Gasteiger partial charge on any atom is 0.262 e. The van der Waals surface area contributed by atoms with E-state index >= 15 is 4.39 Å². The summed E-state index contributed by atoms with van der Waals surface area (Å²) in [6.45, 7) is 5.30. The highest BCUT2D eigenvalue weighted by atomic mass is 35.5. The molecular formula is C26H26ClFN6O. The molecule has 0 radical (unpaired) electrons. The van der Waals surface area contributed by atoms with Crippen molar-refractivity contribution < 1.29 is 9.18 Å². The first-order valence-electron chi connectivity index (χ1n) is 11.6. The summed E-state index contributed by atoms with van der Waals surface area (Å²) in [5, 5.41) is 13.8. The smallest absolute Gasteiger partial charge is 0.262 e. The lowest BCUT2D eigenvalue weighted by Crippen LogP contribution is -2.49. The van der Waals surface area contributed by atoms with Crippen molar-refractivity contribution >= 4 is 34.1 Å². The maximum absolute atomic E-state index is 15.5. The van der Waals surface area contributed by atoms with Crippen LogP contribution in [0.1, 0.15) is 34.5 Å². The molecule has 0 spiro atoms. The first-order chi connectivity index (χ1) is 16.8. The summed E-state index contributed by atoms with van der Waals surface area (Å²) < 4.78 is 17.1. The van der Waals surface area contributed by atoms with Gasteiger partial charge in [0.05, 0.1) is 17.3 Å². The number of hydrogen-bond donors (Lipinski definition) is 1. The Bertz CT molecular complexity index is 1430. The van der Waals surface area contributed by atoms with Gasteiger partial charge in [-0.15, -0.1) is 5.10 Å². The van der Waals surface area contributed by atoms with Gasteiger partial charge in [-0.1, -0.05) is 22.9 Å². The van der Waals surface area contributed by atoms with E-state index in [1.54, 1.807) is 28.9 Å². The van der Waals surface area contributed by atoms with Gasteiger partial charge in [-0.2, -0.15) is 0 Å². The van der Waals surface area contributed by atoms with Crippen LogP contribution in [-0.2, 0) is 7.05 Å². The molecule has 1 N–H and O–H groups in total. The monoisotopic (exact) mass is 492 g/mol. The lowest BCUT2D eigenvalue weighted by atomic mass is 10.0. The van der Waals surface area contributed by atoms with E-state index in [0.29, 0.717) is 28.6 Å². The molecule has 0 aliphatic carbocycles. The van der Waals surface area contributed by atoms with E-state index in [1.165, 1.54) is 12.1 Å². The van der Waals surface area contributed by atoms with Crippen molar-refractivity contribution in [3.63, 3.8) is 0 Å². The SMILES string of the molecule is Cc1cc(Cl)cc2ccnc(N(C(=O)c3ccc(-c4nnn(C)c4C)cc3F)C3CCCNC3)c12. The van der Waals surface area contributed by atoms with Gasteiger partial charge in [0, 0.05) is 35.8 Å². The van der Waals surface area contributed by atoms with E-state index in [4.69, 9.17) is 11.6 Å². The highest BCUT2D eigenvalue weighted by Crippen LogP contribution is 2.34. The summed E-state index contributed by atoms with van der Waals surface area (Å²) in [5.41, 5.74) is 2.87. The van der Waals surface area contributed by atoms with E-state index in [1.807, 2.05) is 32.0 Å². The quantitative estimate of drug-likeness (QED) is 0.441. The van der Waals surface area contributed by atoms with Crippen molar-refractivity contribution in [1.82, 2.24) is 25.3 Å². The number of nitrogens with one attached hydrogen (secondary N) is 1. The van der Waals surface area contributed by atoms with Gasteiger partial charge in [0.2, 0.25) is 0 Å². The second-order valence-electron chi connectivity index (χ2n) is 8.97. The Morgan fingerprint density at radius 3 is 2.74 bits per heavy atom. The molecule has 0 saturated carbocycles. The van der Waals surface area contributed by atoms with Gasteiger partial charge in [0.1, 0.15) is 17.3 Å². The molecule has 1 aliphatic heterocycles. The average Bonchev–Trinajstić information content (AvgIpc) is 3.17. The molecule has 1 saturated heterocycles. The molecule has 5 rings (SSSR count). The number of fused-ring (bicyclic) bond motifs is 1. The third-order valence-corrected chi connectivity index (χ3v) is 6.89. The fourth-order valence-corrected chi connectivity index (χ4v) is 5.05. The Labute approximate surface area is 207 Å². The number of aryl methyl sites for hydroxylation is 2. The predicted molar refractivity (Wildman–Crippen MR) is 135 cm³/mol. The molecule has 9 heteroatoms. The summed E-state index contributed by atoms with van der Waals surface area (Å²) in [6, 6.07) is 10.0. The molecule has 180 valence electrons. The van der Waals surface area contributed by atoms with Crippen LogP contribution < -0.4 is 10.2 Å². The van der Waals surface area contributed by atoms with Gasteiger partial charge in [-0.25, -0.2) is 9.37 Å². The summed E-state index contributed by atoms with van der Waals surface area (Å²) in [7, 11) is 1.78. The molecular weight excluding hydrogens is 467 g/mol. The Morgan fingerprint density at radius 1 is 1.23 bits per heavy atom. The minimum atomic E-state index is -0.605. The number of amides is 1. The van der Waals surface area contributed by atoms with Crippen molar-refractivity contribution in [3.8, 4) is 11.3 Å². The van der Waals surface area contributed by atoms with Gasteiger partial charge in [-0.05, 0) is 74.5 Å². The fourth-order valence-electron chi connectivity index (χ4n) is 4.77. The number of halogens is 2. The van der Waals surface area contributed by atoms with Crippen LogP contribution in [0.2, 0.25) is 5.02 Å². The fraction of sp³-hybridized carbons (Fsp3) is 0.308. The predicted octanol–water partition coefficient (Wildman–Crippen LogP) is 4.84. The maximum atomic E-state index is 15.5. The van der Waals surface area contributed by atoms with Gasteiger partial charge >= 0.3 is 0 Å². The summed E-state index contributed by atoms with van der Waals surface area (Å²) in [5.74, 6) is -0.511. The molecule has 0 bridgehead atoms. The van der Waals surface area contributed by atoms with Gasteiger partial charge < -0.3 is 5.32 Å². The molecule has 4 aromatic rings.